The number of carbonyl (C=O) groups excluding carboxylic acids is 1. The van der Waals surface area contributed by atoms with Gasteiger partial charge in [0.25, 0.3) is 0 Å². The lowest BCUT2D eigenvalue weighted by atomic mass is 10.1. The van der Waals surface area contributed by atoms with E-state index < -0.39 is 0 Å². The van der Waals surface area contributed by atoms with Gasteiger partial charge in [-0.2, -0.15) is 4.98 Å². The molecule has 0 radical (unpaired) electrons. The van der Waals surface area contributed by atoms with Crippen LogP contribution >= 0.6 is 0 Å². The molecule has 1 aromatic carbocycles. The summed E-state index contributed by atoms with van der Waals surface area (Å²) in [5.41, 5.74) is 2.56. The first-order chi connectivity index (χ1) is 11.4. The van der Waals surface area contributed by atoms with Gasteiger partial charge < -0.3 is 16.0 Å². The first-order valence-electron chi connectivity index (χ1n) is 8.16. The van der Waals surface area contributed by atoms with Crippen LogP contribution in [-0.4, -0.2) is 22.4 Å². The van der Waals surface area contributed by atoms with E-state index in [1.807, 2.05) is 37.3 Å². The minimum absolute atomic E-state index is 0.0840. The van der Waals surface area contributed by atoms with Gasteiger partial charge in [0.05, 0.1) is 0 Å². The van der Waals surface area contributed by atoms with Crippen LogP contribution < -0.4 is 16.0 Å². The van der Waals surface area contributed by atoms with Crippen LogP contribution in [0.15, 0.2) is 30.3 Å². The molecule has 0 saturated carbocycles. The average Bonchev–Trinajstić information content (AvgIpc) is 2.48. The van der Waals surface area contributed by atoms with Gasteiger partial charge in [-0.25, -0.2) is 4.98 Å². The number of aromatic nitrogens is 2. The molecule has 0 atom stereocenters. The Morgan fingerprint density at radius 1 is 1.12 bits per heavy atom. The molecule has 1 aromatic heterocycles. The summed E-state index contributed by atoms with van der Waals surface area (Å²) in [5.74, 6) is 1.93. The Balaban J connectivity index is 2.03. The largest absolute Gasteiger partial charge is 0.354 e. The van der Waals surface area contributed by atoms with Crippen molar-refractivity contribution in [2.75, 3.05) is 22.5 Å². The van der Waals surface area contributed by atoms with Crippen molar-refractivity contribution >= 4 is 29.0 Å². The lowest BCUT2D eigenvalue weighted by molar-refractivity contribution is -0.114. The molecule has 0 aliphatic rings. The van der Waals surface area contributed by atoms with Gasteiger partial charge >= 0.3 is 0 Å². The Hall–Kier alpha value is -2.63. The number of hydrogen-bond donors (Lipinski definition) is 3. The molecule has 0 unspecified atom stereocenters. The van der Waals surface area contributed by atoms with Gasteiger partial charge in [-0.05, 0) is 43.5 Å². The molecule has 0 fully saturated rings. The maximum absolute atomic E-state index is 11.0. The molecular formula is C18H25N5O. The van der Waals surface area contributed by atoms with Crippen LogP contribution in [0.2, 0.25) is 0 Å². The molecule has 0 saturated heterocycles. The Kier molecular flexibility index (Phi) is 6.12. The lowest BCUT2D eigenvalue weighted by Gasteiger charge is -2.11. The van der Waals surface area contributed by atoms with Gasteiger partial charge in [-0.1, -0.05) is 13.8 Å². The van der Waals surface area contributed by atoms with Crippen molar-refractivity contribution in [3.63, 3.8) is 0 Å². The quantitative estimate of drug-likeness (QED) is 0.718. The van der Waals surface area contributed by atoms with E-state index in [2.05, 4.69) is 39.8 Å². The highest BCUT2D eigenvalue weighted by molar-refractivity contribution is 5.88. The molecule has 0 spiro atoms. The number of anilines is 4. The second-order valence-electron chi connectivity index (χ2n) is 6.21. The SMILES string of the molecule is CC(=O)Nc1ccc(Nc2cc(C)nc(NCCC(C)C)n2)cc1. The van der Waals surface area contributed by atoms with Crippen molar-refractivity contribution in [1.29, 1.82) is 0 Å². The third-order valence-electron chi connectivity index (χ3n) is 3.34. The van der Waals surface area contributed by atoms with Crippen molar-refractivity contribution in [2.45, 2.75) is 34.1 Å². The van der Waals surface area contributed by atoms with Gasteiger partial charge in [-0.3, -0.25) is 4.79 Å². The molecule has 1 heterocycles. The Morgan fingerprint density at radius 3 is 2.42 bits per heavy atom. The van der Waals surface area contributed by atoms with E-state index in [1.165, 1.54) is 6.92 Å². The van der Waals surface area contributed by atoms with Crippen molar-refractivity contribution in [3.8, 4) is 0 Å². The van der Waals surface area contributed by atoms with Crippen molar-refractivity contribution < 1.29 is 4.79 Å². The topological polar surface area (TPSA) is 78.9 Å². The van der Waals surface area contributed by atoms with Crippen molar-refractivity contribution in [3.05, 3.63) is 36.0 Å². The number of hydrogen-bond acceptors (Lipinski definition) is 5. The summed E-state index contributed by atoms with van der Waals surface area (Å²) in [7, 11) is 0. The molecule has 6 heteroatoms. The maximum Gasteiger partial charge on any atom is 0.224 e. The molecule has 128 valence electrons. The predicted octanol–water partition coefficient (Wildman–Crippen LogP) is 3.95. The third kappa shape index (κ3) is 5.87. The smallest absolute Gasteiger partial charge is 0.224 e. The Bertz CT molecular complexity index is 682. The van der Waals surface area contributed by atoms with Crippen molar-refractivity contribution in [2.24, 2.45) is 5.92 Å². The molecule has 1 amide bonds. The monoisotopic (exact) mass is 327 g/mol. The van der Waals surface area contributed by atoms with Crippen LogP contribution in [-0.2, 0) is 4.79 Å². The van der Waals surface area contributed by atoms with E-state index in [4.69, 9.17) is 0 Å². The zero-order valence-corrected chi connectivity index (χ0v) is 14.7. The van der Waals surface area contributed by atoms with Crippen LogP contribution in [0.1, 0.15) is 32.9 Å². The van der Waals surface area contributed by atoms with E-state index in [0.29, 0.717) is 11.9 Å². The summed E-state index contributed by atoms with van der Waals surface area (Å²) in [6.45, 7) is 8.67. The molecular weight excluding hydrogens is 302 g/mol. The fourth-order valence-electron chi connectivity index (χ4n) is 2.17. The normalized spacial score (nSPS) is 10.5. The van der Waals surface area contributed by atoms with E-state index in [-0.39, 0.29) is 5.91 Å². The summed E-state index contributed by atoms with van der Waals surface area (Å²) in [5, 5.41) is 9.27. The molecule has 0 aliphatic carbocycles. The fraction of sp³-hybridized carbons (Fsp3) is 0.389. The summed E-state index contributed by atoms with van der Waals surface area (Å²) < 4.78 is 0. The lowest BCUT2D eigenvalue weighted by Crippen LogP contribution is -2.09. The summed E-state index contributed by atoms with van der Waals surface area (Å²) in [6, 6.07) is 9.39. The highest BCUT2D eigenvalue weighted by Gasteiger charge is 2.04. The number of nitrogens with zero attached hydrogens (tertiary/aromatic N) is 2. The molecule has 24 heavy (non-hydrogen) atoms. The number of carbonyl (C=O) groups is 1. The zero-order valence-electron chi connectivity index (χ0n) is 14.7. The second kappa shape index (κ2) is 8.29. The van der Waals surface area contributed by atoms with Gasteiger partial charge in [0, 0.05) is 36.6 Å². The highest BCUT2D eigenvalue weighted by Crippen LogP contribution is 2.19. The maximum atomic E-state index is 11.0. The van der Waals surface area contributed by atoms with E-state index in [1.54, 1.807) is 0 Å². The molecule has 0 bridgehead atoms. The number of aryl methyl sites for hydroxylation is 1. The van der Waals surface area contributed by atoms with Gasteiger partial charge in [0.2, 0.25) is 11.9 Å². The van der Waals surface area contributed by atoms with E-state index in [9.17, 15) is 4.79 Å². The number of nitrogens with one attached hydrogen (secondary N) is 3. The fourth-order valence-corrected chi connectivity index (χ4v) is 2.17. The van der Waals surface area contributed by atoms with Crippen molar-refractivity contribution in [1.82, 2.24) is 9.97 Å². The Morgan fingerprint density at radius 2 is 1.79 bits per heavy atom. The summed E-state index contributed by atoms with van der Waals surface area (Å²) >= 11 is 0. The van der Waals surface area contributed by atoms with Crippen LogP contribution in [0.25, 0.3) is 0 Å². The highest BCUT2D eigenvalue weighted by atomic mass is 16.1. The number of amides is 1. The average molecular weight is 327 g/mol. The summed E-state index contributed by atoms with van der Waals surface area (Å²) in [4.78, 5) is 19.9. The number of rotatable bonds is 7. The minimum Gasteiger partial charge on any atom is -0.354 e. The molecule has 6 nitrogen and oxygen atoms in total. The summed E-state index contributed by atoms with van der Waals surface area (Å²) in [6.07, 6.45) is 1.07. The van der Waals surface area contributed by atoms with Gasteiger partial charge in [0.15, 0.2) is 0 Å². The third-order valence-corrected chi connectivity index (χ3v) is 3.34. The number of benzene rings is 1. The van der Waals surface area contributed by atoms with Crippen LogP contribution in [0, 0.1) is 12.8 Å². The Labute approximate surface area is 143 Å². The molecule has 2 aromatic rings. The first-order valence-corrected chi connectivity index (χ1v) is 8.16. The van der Waals surface area contributed by atoms with Crippen LogP contribution in [0.4, 0.5) is 23.1 Å². The van der Waals surface area contributed by atoms with Crippen LogP contribution in [0.3, 0.4) is 0 Å². The van der Waals surface area contributed by atoms with Crippen LogP contribution in [0.5, 0.6) is 0 Å². The minimum atomic E-state index is -0.0840. The van der Waals surface area contributed by atoms with Gasteiger partial charge in [-0.15, -0.1) is 0 Å². The first kappa shape index (κ1) is 17.7. The van der Waals surface area contributed by atoms with Gasteiger partial charge in [0.1, 0.15) is 5.82 Å². The molecule has 2 rings (SSSR count). The standard InChI is InChI=1S/C18H25N5O/c1-12(2)9-10-19-18-20-13(3)11-17(23-18)22-16-7-5-15(6-8-16)21-14(4)24/h5-8,11-12H,9-10H2,1-4H3,(H,21,24)(H2,19,20,22,23). The molecule has 3 N–H and O–H groups in total. The zero-order chi connectivity index (χ0) is 17.5. The second-order valence-corrected chi connectivity index (χ2v) is 6.21. The van der Waals surface area contributed by atoms with E-state index in [0.717, 1.165) is 35.9 Å². The van der Waals surface area contributed by atoms with E-state index >= 15 is 0 Å². The molecule has 0 aliphatic heterocycles. The predicted molar refractivity (Wildman–Crippen MR) is 98.7 cm³/mol.